The molecule has 0 aliphatic heterocycles. The number of aryl methyl sites for hydroxylation is 1. The van der Waals surface area contributed by atoms with E-state index in [0.717, 1.165) is 34.1 Å². The highest BCUT2D eigenvalue weighted by molar-refractivity contribution is 6.30. The van der Waals surface area contributed by atoms with Crippen LogP contribution in [0.4, 0.5) is 5.82 Å². The Morgan fingerprint density at radius 1 is 1.28 bits per heavy atom. The fourth-order valence-electron chi connectivity index (χ4n) is 2.03. The van der Waals surface area contributed by atoms with Crippen molar-refractivity contribution in [2.24, 2.45) is 13.0 Å². The Labute approximate surface area is 113 Å². The van der Waals surface area contributed by atoms with Crippen molar-refractivity contribution in [1.29, 1.82) is 0 Å². The lowest BCUT2D eigenvalue weighted by Crippen LogP contribution is -2.02. The number of aromatic nitrogens is 2. The van der Waals surface area contributed by atoms with E-state index in [1.165, 1.54) is 0 Å². The molecule has 0 unspecified atom stereocenters. The largest absolute Gasteiger partial charge is 0.384 e. The van der Waals surface area contributed by atoms with E-state index in [1.54, 1.807) is 4.68 Å². The Balaban J connectivity index is 2.49. The molecule has 2 N–H and O–H groups in total. The lowest BCUT2D eigenvalue weighted by Gasteiger charge is -2.06. The molecule has 3 nitrogen and oxygen atoms in total. The predicted molar refractivity (Wildman–Crippen MR) is 76.6 cm³/mol. The number of hydrogen-bond acceptors (Lipinski definition) is 2. The minimum absolute atomic E-state index is 0.544. The van der Waals surface area contributed by atoms with E-state index in [0.29, 0.717) is 5.92 Å². The average molecular weight is 264 g/mol. The molecular weight excluding hydrogens is 246 g/mol. The van der Waals surface area contributed by atoms with Crippen molar-refractivity contribution in [2.45, 2.75) is 20.3 Å². The zero-order chi connectivity index (χ0) is 13.3. The lowest BCUT2D eigenvalue weighted by molar-refractivity contribution is 0.648. The number of benzene rings is 1. The average Bonchev–Trinajstić information content (AvgIpc) is 2.58. The van der Waals surface area contributed by atoms with Crippen LogP contribution in [-0.4, -0.2) is 9.78 Å². The van der Waals surface area contributed by atoms with Crippen molar-refractivity contribution in [2.75, 3.05) is 5.73 Å². The normalized spacial score (nSPS) is 11.2. The summed E-state index contributed by atoms with van der Waals surface area (Å²) in [5.41, 5.74) is 9.23. The second-order valence-electron chi connectivity index (χ2n) is 4.94. The van der Waals surface area contributed by atoms with Crippen LogP contribution in [0, 0.1) is 5.92 Å². The number of nitrogens with two attached hydrogens (primary N) is 1. The molecule has 0 radical (unpaired) electrons. The third-order valence-corrected chi connectivity index (χ3v) is 3.18. The van der Waals surface area contributed by atoms with Crippen LogP contribution in [0.1, 0.15) is 19.4 Å². The zero-order valence-electron chi connectivity index (χ0n) is 10.9. The van der Waals surface area contributed by atoms with Gasteiger partial charge in [0.25, 0.3) is 0 Å². The molecule has 1 heterocycles. The number of nitrogens with zero attached hydrogens (tertiary/aromatic N) is 2. The van der Waals surface area contributed by atoms with Gasteiger partial charge in [0.15, 0.2) is 0 Å². The van der Waals surface area contributed by atoms with Gasteiger partial charge in [-0.1, -0.05) is 37.6 Å². The first-order valence-electron chi connectivity index (χ1n) is 6.06. The van der Waals surface area contributed by atoms with Crippen LogP contribution >= 0.6 is 11.6 Å². The van der Waals surface area contributed by atoms with Gasteiger partial charge in [0.2, 0.25) is 0 Å². The van der Waals surface area contributed by atoms with E-state index >= 15 is 0 Å². The quantitative estimate of drug-likeness (QED) is 0.921. The van der Waals surface area contributed by atoms with Crippen LogP contribution in [0.25, 0.3) is 11.3 Å². The standard InChI is InChI=1S/C14H18ClN3/c1-9(2)8-12-13(17-18(3)14(12)16)10-4-6-11(15)7-5-10/h4-7,9H,8,16H2,1-3H3. The fraction of sp³-hybridized carbons (Fsp3) is 0.357. The Bertz CT molecular complexity index is 541. The van der Waals surface area contributed by atoms with Crippen molar-refractivity contribution >= 4 is 17.4 Å². The molecule has 1 aromatic heterocycles. The first kappa shape index (κ1) is 13.0. The van der Waals surface area contributed by atoms with Gasteiger partial charge in [-0.2, -0.15) is 5.10 Å². The number of anilines is 1. The van der Waals surface area contributed by atoms with Crippen LogP contribution in [0.3, 0.4) is 0 Å². The van der Waals surface area contributed by atoms with E-state index in [1.807, 2.05) is 31.3 Å². The van der Waals surface area contributed by atoms with Crippen LogP contribution in [0.5, 0.6) is 0 Å². The molecule has 0 aliphatic carbocycles. The summed E-state index contributed by atoms with van der Waals surface area (Å²) < 4.78 is 1.74. The van der Waals surface area contributed by atoms with Crippen molar-refractivity contribution in [3.8, 4) is 11.3 Å². The monoisotopic (exact) mass is 263 g/mol. The molecule has 1 aromatic carbocycles. The van der Waals surface area contributed by atoms with Crippen molar-refractivity contribution < 1.29 is 0 Å². The topological polar surface area (TPSA) is 43.8 Å². The Morgan fingerprint density at radius 3 is 2.44 bits per heavy atom. The highest BCUT2D eigenvalue weighted by atomic mass is 35.5. The summed E-state index contributed by atoms with van der Waals surface area (Å²) in [4.78, 5) is 0. The minimum atomic E-state index is 0.544. The maximum absolute atomic E-state index is 6.09. The molecule has 4 heteroatoms. The fourth-order valence-corrected chi connectivity index (χ4v) is 2.16. The molecule has 0 aliphatic rings. The van der Waals surface area contributed by atoms with E-state index in [4.69, 9.17) is 17.3 Å². The van der Waals surface area contributed by atoms with Gasteiger partial charge in [-0.05, 0) is 24.5 Å². The molecule has 0 fully saturated rings. The van der Waals surface area contributed by atoms with Gasteiger partial charge in [-0.3, -0.25) is 4.68 Å². The molecular formula is C14H18ClN3. The van der Waals surface area contributed by atoms with Gasteiger partial charge in [0.05, 0.1) is 5.69 Å². The second-order valence-corrected chi connectivity index (χ2v) is 5.38. The summed E-state index contributed by atoms with van der Waals surface area (Å²) in [6.45, 7) is 4.36. The van der Waals surface area contributed by atoms with Crippen LogP contribution in [0.2, 0.25) is 5.02 Å². The second kappa shape index (κ2) is 5.02. The van der Waals surface area contributed by atoms with Gasteiger partial charge >= 0.3 is 0 Å². The van der Waals surface area contributed by atoms with Crippen LogP contribution in [-0.2, 0) is 13.5 Å². The van der Waals surface area contributed by atoms with E-state index in [-0.39, 0.29) is 0 Å². The molecule has 0 atom stereocenters. The van der Waals surface area contributed by atoms with Crippen molar-refractivity contribution in [3.63, 3.8) is 0 Å². The molecule has 96 valence electrons. The van der Waals surface area contributed by atoms with Crippen LogP contribution in [0.15, 0.2) is 24.3 Å². The summed E-state index contributed by atoms with van der Waals surface area (Å²) in [5.74, 6) is 1.29. The Kier molecular flexibility index (Phi) is 3.62. The minimum Gasteiger partial charge on any atom is -0.384 e. The number of nitrogen functional groups attached to an aromatic ring is 1. The van der Waals surface area contributed by atoms with E-state index < -0.39 is 0 Å². The zero-order valence-corrected chi connectivity index (χ0v) is 11.7. The molecule has 0 saturated carbocycles. The van der Waals surface area contributed by atoms with Crippen molar-refractivity contribution in [3.05, 3.63) is 34.9 Å². The van der Waals surface area contributed by atoms with E-state index in [9.17, 15) is 0 Å². The Hall–Kier alpha value is -1.48. The van der Waals surface area contributed by atoms with Gasteiger partial charge in [-0.15, -0.1) is 0 Å². The number of halogens is 1. The highest BCUT2D eigenvalue weighted by Crippen LogP contribution is 2.29. The molecule has 0 amide bonds. The van der Waals surface area contributed by atoms with Gasteiger partial charge in [0.1, 0.15) is 5.82 Å². The third kappa shape index (κ3) is 2.51. The SMILES string of the molecule is CC(C)Cc1c(-c2ccc(Cl)cc2)nn(C)c1N. The maximum atomic E-state index is 6.09. The van der Waals surface area contributed by atoms with Gasteiger partial charge < -0.3 is 5.73 Å². The van der Waals surface area contributed by atoms with Gasteiger partial charge in [0, 0.05) is 23.2 Å². The molecule has 0 spiro atoms. The lowest BCUT2D eigenvalue weighted by atomic mass is 9.99. The summed E-state index contributed by atoms with van der Waals surface area (Å²) in [7, 11) is 1.87. The predicted octanol–water partition coefficient (Wildman–Crippen LogP) is 3.52. The first-order valence-corrected chi connectivity index (χ1v) is 6.44. The highest BCUT2D eigenvalue weighted by Gasteiger charge is 2.16. The number of rotatable bonds is 3. The van der Waals surface area contributed by atoms with Gasteiger partial charge in [-0.25, -0.2) is 0 Å². The molecule has 18 heavy (non-hydrogen) atoms. The maximum Gasteiger partial charge on any atom is 0.125 e. The first-order chi connectivity index (χ1) is 8.49. The molecule has 0 bridgehead atoms. The van der Waals surface area contributed by atoms with E-state index in [2.05, 4.69) is 18.9 Å². The Morgan fingerprint density at radius 2 is 1.89 bits per heavy atom. The van der Waals surface area contributed by atoms with Crippen LogP contribution < -0.4 is 5.73 Å². The summed E-state index contributed by atoms with van der Waals surface area (Å²) >= 11 is 5.91. The summed E-state index contributed by atoms with van der Waals surface area (Å²) in [5, 5.41) is 5.24. The molecule has 2 aromatic rings. The van der Waals surface area contributed by atoms with Crippen molar-refractivity contribution in [1.82, 2.24) is 9.78 Å². The summed E-state index contributed by atoms with van der Waals surface area (Å²) in [6, 6.07) is 7.71. The summed E-state index contributed by atoms with van der Waals surface area (Å²) in [6.07, 6.45) is 0.928. The smallest absolute Gasteiger partial charge is 0.125 e. The molecule has 2 rings (SSSR count). The number of hydrogen-bond donors (Lipinski definition) is 1. The molecule has 0 saturated heterocycles. The third-order valence-electron chi connectivity index (χ3n) is 2.92.